The lowest BCUT2D eigenvalue weighted by Crippen LogP contribution is -2.22. The van der Waals surface area contributed by atoms with Crippen LogP contribution in [0, 0.1) is 0 Å². The number of unbranched alkanes of at least 4 members (excludes halogenated alkanes) is 2. The van der Waals surface area contributed by atoms with Crippen LogP contribution in [0.15, 0.2) is 48.8 Å². The van der Waals surface area contributed by atoms with Gasteiger partial charge in [-0.3, -0.25) is 9.82 Å². The first-order chi connectivity index (χ1) is 15.2. The Hall–Kier alpha value is -2.70. The molecule has 6 nitrogen and oxygen atoms in total. The molecular formula is C25H32N2O4. The molecule has 1 atom stereocenters. The number of pyridine rings is 1. The van der Waals surface area contributed by atoms with Crippen LogP contribution >= 0.6 is 0 Å². The molecule has 0 aliphatic heterocycles. The number of carboxylic acid groups (broad SMARTS) is 1. The second-order valence-electron chi connectivity index (χ2n) is 7.81. The normalized spacial score (nSPS) is 15.5. The molecule has 31 heavy (non-hydrogen) atoms. The van der Waals surface area contributed by atoms with Crippen LogP contribution in [0.2, 0.25) is 0 Å². The SMILES string of the molecule is CCCCCC(NOCC=C1CCCc2c(OCC(=O)O)cccc21)c1cccnc1. The molecule has 0 saturated carbocycles. The molecule has 0 radical (unpaired) electrons. The van der Waals surface area contributed by atoms with Gasteiger partial charge in [0.15, 0.2) is 6.61 Å². The Bertz CT molecular complexity index is 867. The van der Waals surface area contributed by atoms with E-state index in [2.05, 4.69) is 35.6 Å². The molecule has 0 fully saturated rings. The summed E-state index contributed by atoms with van der Waals surface area (Å²) in [5.74, 6) is -0.303. The topological polar surface area (TPSA) is 80.7 Å². The van der Waals surface area contributed by atoms with Crippen molar-refractivity contribution < 1.29 is 19.5 Å². The summed E-state index contributed by atoms with van der Waals surface area (Å²) >= 11 is 0. The Labute approximate surface area is 184 Å². The maximum Gasteiger partial charge on any atom is 0.341 e. The molecule has 1 aromatic heterocycles. The van der Waals surface area contributed by atoms with Crippen molar-refractivity contribution in [3.63, 3.8) is 0 Å². The number of aliphatic carboxylic acids is 1. The van der Waals surface area contributed by atoms with Crippen molar-refractivity contribution >= 4 is 11.5 Å². The predicted octanol–water partition coefficient (Wildman–Crippen LogP) is 5.11. The van der Waals surface area contributed by atoms with Crippen LogP contribution in [-0.2, 0) is 16.1 Å². The highest BCUT2D eigenvalue weighted by molar-refractivity contribution is 5.73. The van der Waals surface area contributed by atoms with E-state index in [0.29, 0.717) is 12.4 Å². The number of fused-ring (bicyclic) bond motifs is 1. The fraction of sp³-hybridized carbons (Fsp3) is 0.440. The minimum atomic E-state index is -0.967. The van der Waals surface area contributed by atoms with Gasteiger partial charge in [0.1, 0.15) is 5.75 Å². The molecule has 0 saturated heterocycles. The Morgan fingerprint density at radius 2 is 2.16 bits per heavy atom. The van der Waals surface area contributed by atoms with Gasteiger partial charge in [-0.25, -0.2) is 4.79 Å². The maximum atomic E-state index is 10.9. The minimum absolute atomic E-state index is 0.119. The van der Waals surface area contributed by atoms with Gasteiger partial charge in [-0.1, -0.05) is 50.5 Å². The lowest BCUT2D eigenvalue weighted by Gasteiger charge is -2.22. The van der Waals surface area contributed by atoms with Gasteiger partial charge in [0.05, 0.1) is 12.6 Å². The first-order valence-corrected chi connectivity index (χ1v) is 11.1. The van der Waals surface area contributed by atoms with Gasteiger partial charge in [0.25, 0.3) is 0 Å². The number of aromatic nitrogens is 1. The van der Waals surface area contributed by atoms with Crippen molar-refractivity contribution in [2.75, 3.05) is 13.2 Å². The monoisotopic (exact) mass is 424 g/mol. The van der Waals surface area contributed by atoms with E-state index < -0.39 is 5.97 Å². The summed E-state index contributed by atoms with van der Waals surface area (Å²) in [7, 11) is 0. The third-order valence-corrected chi connectivity index (χ3v) is 5.52. The Morgan fingerprint density at radius 1 is 1.26 bits per heavy atom. The van der Waals surface area contributed by atoms with Crippen molar-refractivity contribution in [3.8, 4) is 5.75 Å². The fourth-order valence-corrected chi connectivity index (χ4v) is 3.97. The van der Waals surface area contributed by atoms with Crippen LogP contribution in [0.3, 0.4) is 0 Å². The Morgan fingerprint density at radius 3 is 2.94 bits per heavy atom. The van der Waals surface area contributed by atoms with Crippen LogP contribution in [0.1, 0.15) is 68.2 Å². The van der Waals surface area contributed by atoms with Gasteiger partial charge >= 0.3 is 5.97 Å². The average Bonchev–Trinajstić information content (AvgIpc) is 2.80. The van der Waals surface area contributed by atoms with E-state index in [1.807, 2.05) is 24.4 Å². The molecule has 0 amide bonds. The zero-order valence-electron chi connectivity index (χ0n) is 18.2. The van der Waals surface area contributed by atoms with E-state index in [-0.39, 0.29) is 12.6 Å². The first kappa shape index (κ1) is 23.0. The van der Waals surface area contributed by atoms with Gasteiger partial charge < -0.3 is 9.84 Å². The molecule has 1 aromatic carbocycles. The minimum Gasteiger partial charge on any atom is -0.482 e. The number of hydrogen-bond acceptors (Lipinski definition) is 5. The molecule has 166 valence electrons. The quantitative estimate of drug-likeness (QED) is 0.364. The summed E-state index contributed by atoms with van der Waals surface area (Å²) in [5, 5.41) is 8.91. The van der Waals surface area contributed by atoms with E-state index in [0.717, 1.165) is 48.8 Å². The molecule has 3 rings (SSSR count). The van der Waals surface area contributed by atoms with E-state index in [4.69, 9.17) is 14.7 Å². The summed E-state index contributed by atoms with van der Waals surface area (Å²) < 4.78 is 5.49. The second-order valence-corrected chi connectivity index (χ2v) is 7.81. The summed E-state index contributed by atoms with van der Waals surface area (Å²) in [6.07, 6.45) is 13.2. The number of carbonyl (C=O) groups is 1. The molecule has 1 unspecified atom stereocenters. The highest BCUT2D eigenvalue weighted by Crippen LogP contribution is 2.36. The lowest BCUT2D eigenvalue weighted by atomic mass is 9.86. The van der Waals surface area contributed by atoms with Crippen molar-refractivity contribution in [2.24, 2.45) is 0 Å². The highest BCUT2D eigenvalue weighted by atomic mass is 16.6. The largest absolute Gasteiger partial charge is 0.482 e. The van der Waals surface area contributed by atoms with Crippen LogP contribution in [-0.4, -0.2) is 29.3 Å². The van der Waals surface area contributed by atoms with Crippen molar-refractivity contribution in [2.45, 2.75) is 57.9 Å². The fourth-order valence-electron chi connectivity index (χ4n) is 3.97. The third-order valence-electron chi connectivity index (χ3n) is 5.52. The predicted molar refractivity (Wildman–Crippen MR) is 121 cm³/mol. The molecule has 1 heterocycles. The number of hydroxylamine groups is 1. The smallest absolute Gasteiger partial charge is 0.341 e. The molecule has 2 aromatic rings. The highest BCUT2D eigenvalue weighted by Gasteiger charge is 2.18. The second kappa shape index (κ2) is 12.2. The molecular weight excluding hydrogens is 392 g/mol. The Kier molecular flexibility index (Phi) is 9.06. The van der Waals surface area contributed by atoms with Crippen LogP contribution in [0.25, 0.3) is 5.57 Å². The lowest BCUT2D eigenvalue weighted by molar-refractivity contribution is -0.139. The number of benzene rings is 1. The molecule has 1 aliphatic rings. The Balaban J connectivity index is 1.62. The summed E-state index contributed by atoms with van der Waals surface area (Å²) in [6, 6.07) is 9.99. The van der Waals surface area contributed by atoms with Gasteiger partial charge in [0, 0.05) is 18.0 Å². The van der Waals surface area contributed by atoms with E-state index in [1.165, 1.54) is 18.4 Å². The van der Waals surface area contributed by atoms with Crippen molar-refractivity contribution in [3.05, 3.63) is 65.5 Å². The third kappa shape index (κ3) is 6.91. The van der Waals surface area contributed by atoms with Gasteiger partial charge in [-0.05, 0) is 54.5 Å². The number of carboxylic acids is 1. The van der Waals surface area contributed by atoms with Crippen LogP contribution in [0.4, 0.5) is 0 Å². The van der Waals surface area contributed by atoms with Gasteiger partial charge in [0.2, 0.25) is 0 Å². The zero-order chi connectivity index (χ0) is 21.9. The number of ether oxygens (including phenoxy) is 1. The number of rotatable bonds is 12. The summed E-state index contributed by atoms with van der Waals surface area (Å²) in [6.45, 7) is 2.34. The maximum absolute atomic E-state index is 10.9. The van der Waals surface area contributed by atoms with E-state index >= 15 is 0 Å². The van der Waals surface area contributed by atoms with Crippen LogP contribution in [0.5, 0.6) is 5.75 Å². The number of nitrogens with one attached hydrogen (secondary N) is 1. The molecule has 2 N–H and O–H groups in total. The number of nitrogens with zero attached hydrogens (tertiary/aromatic N) is 1. The van der Waals surface area contributed by atoms with Crippen LogP contribution < -0.4 is 10.2 Å². The van der Waals surface area contributed by atoms with Gasteiger partial charge in [-0.15, -0.1) is 0 Å². The molecule has 0 bridgehead atoms. The van der Waals surface area contributed by atoms with E-state index in [9.17, 15) is 4.79 Å². The van der Waals surface area contributed by atoms with Gasteiger partial charge in [-0.2, -0.15) is 5.48 Å². The van der Waals surface area contributed by atoms with E-state index in [1.54, 1.807) is 6.20 Å². The van der Waals surface area contributed by atoms with Crippen molar-refractivity contribution in [1.29, 1.82) is 0 Å². The van der Waals surface area contributed by atoms with Crippen molar-refractivity contribution in [1.82, 2.24) is 10.5 Å². The number of allylic oxidation sites excluding steroid dienone is 1. The summed E-state index contributed by atoms with van der Waals surface area (Å²) in [5.41, 5.74) is 7.79. The molecule has 6 heteroatoms. The molecule has 1 aliphatic carbocycles. The standard InChI is InChI=1S/C25H32N2O4/c1-2-3-4-12-23(20-9-7-15-26-17-20)27-31-16-14-19-8-5-11-22-21(19)10-6-13-24(22)30-18-25(28)29/h6-7,9-10,13-15,17,23,27H,2-5,8,11-12,16,18H2,1H3,(H,28,29). The summed E-state index contributed by atoms with van der Waals surface area (Å²) in [4.78, 5) is 20.9. The molecule has 0 spiro atoms. The zero-order valence-corrected chi connectivity index (χ0v) is 18.2. The average molecular weight is 425 g/mol. The number of hydrogen-bond donors (Lipinski definition) is 2. The first-order valence-electron chi connectivity index (χ1n) is 11.1.